The van der Waals surface area contributed by atoms with Crippen LogP contribution in [0.1, 0.15) is 22.8 Å². The second-order valence-corrected chi connectivity index (χ2v) is 5.74. The monoisotopic (exact) mass is 369 g/mol. The Balaban J connectivity index is 1.80. The molecule has 0 aromatic heterocycles. The standard InChI is InChI=1S/C20H19NO6/c1-12(22)15-9-18-19(27-11-26-18)10-16(15)21-20(23)7-5-13-4-6-14(24-2)8-17(13)25-3/h4-10H,11H2,1-3H3,(H,21,23)/b7-5+. The molecule has 0 aliphatic carbocycles. The molecule has 0 saturated carbocycles. The Kier molecular flexibility index (Phi) is 5.30. The Labute approximate surface area is 156 Å². The largest absolute Gasteiger partial charge is 0.497 e. The first-order chi connectivity index (χ1) is 13.0. The minimum absolute atomic E-state index is 0.0846. The molecule has 1 aliphatic heterocycles. The average molecular weight is 369 g/mol. The van der Waals surface area contributed by atoms with Crippen molar-refractivity contribution in [1.29, 1.82) is 0 Å². The lowest BCUT2D eigenvalue weighted by atomic mass is 10.1. The number of carbonyl (C=O) groups excluding carboxylic acids is 2. The highest BCUT2D eigenvalue weighted by Gasteiger charge is 2.20. The molecule has 1 amide bonds. The van der Waals surface area contributed by atoms with Gasteiger partial charge in [0.1, 0.15) is 11.5 Å². The van der Waals surface area contributed by atoms with E-state index in [2.05, 4.69) is 5.32 Å². The molecule has 3 rings (SSSR count). The molecule has 27 heavy (non-hydrogen) atoms. The molecule has 2 aromatic rings. The number of hydrogen-bond acceptors (Lipinski definition) is 6. The maximum Gasteiger partial charge on any atom is 0.248 e. The van der Waals surface area contributed by atoms with E-state index in [1.165, 1.54) is 20.1 Å². The number of methoxy groups -OCH3 is 2. The van der Waals surface area contributed by atoms with E-state index in [1.807, 2.05) is 0 Å². The van der Waals surface area contributed by atoms with Gasteiger partial charge in [0.2, 0.25) is 12.7 Å². The van der Waals surface area contributed by atoms with Gasteiger partial charge in [0, 0.05) is 29.3 Å². The predicted octanol–water partition coefficient (Wildman–Crippen LogP) is 3.29. The van der Waals surface area contributed by atoms with Gasteiger partial charge in [0.25, 0.3) is 0 Å². The number of nitrogens with one attached hydrogen (secondary N) is 1. The maximum atomic E-state index is 12.3. The van der Waals surface area contributed by atoms with Crippen molar-refractivity contribution >= 4 is 23.5 Å². The minimum atomic E-state index is -0.394. The zero-order chi connectivity index (χ0) is 19.4. The van der Waals surface area contributed by atoms with Crippen molar-refractivity contribution in [1.82, 2.24) is 0 Å². The zero-order valence-corrected chi connectivity index (χ0v) is 15.2. The van der Waals surface area contributed by atoms with Crippen molar-refractivity contribution in [2.75, 3.05) is 26.3 Å². The first-order valence-electron chi connectivity index (χ1n) is 8.17. The molecule has 7 nitrogen and oxygen atoms in total. The Morgan fingerprint density at radius 3 is 2.48 bits per heavy atom. The summed E-state index contributed by atoms with van der Waals surface area (Å²) in [6, 6.07) is 8.42. The third kappa shape index (κ3) is 4.03. The number of anilines is 1. The minimum Gasteiger partial charge on any atom is -0.497 e. The summed E-state index contributed by atoms with van der Waals surface area (Å²) in [5.41, 5.74) is 1.43. The van der Waals surface area contributed by atoms with Crippen LogP contribution in [0.5, 0.6) is 23.0 Å². The van der Waals surface area contributed by atoms with Crippen molar-refractivity contribution < 1.29 is 28.5 Å². The van der Waals surface area contributed by atoms with E-state index in [0.29, 0.717) is 39.8 Å². The molecule has 1 heterocycles. The molecule has 7 heteroatoms. The zero-order valence-electron chi connectivity index (χ0n) is 15.2. The fourth-order valence-electron chi connectivity index (χ4n) is 2.63. The van der Waals surface area contributed by atoms with Crippen LogP contribution >= 0.6 is 0 Å². The first kappa shape index (κ1) is 18.3. The van der Waals surface area contributed by atoms with Crippen LogP contribution in [-0.4, -0.2) is 32.7 Å². The highest BCUT2D eigenvalue weighted by Crippen LogP contribution is 2.37. The Morgan fingerprint density at radius 2 is 1.81 bits per heavy atom. The molecule has 1 aliphatic rings. The quantitative estimate of drug-likeness (QED) is 0.621. The van der Waals surface area contributed by atoms with Gasteiger partial charge in [-0.15, -0.1) is 0 Å². The number of ether oxygens (including phenoxy) is 4. The van der Waals surface area contributed by atoms with Gasteiger partial charge in [-0.25, -0.2) is 0 Å². The summed E-state index contributed by atoms with van der Waals surface area (Å²) < 4.78 is 21.0. The lowest BCUT2D eigenvalue weighted by molar-refractivity contribution is -0.111. The number of carbonyl (C=O) groups is 2. The molecule has 0 unspecified atom stereocenters. The summed E-state index contributed by atoms with van der Waals surface area (Å²) in [4.78, 5) is 24.2. The third-order valence-corrected chi connectivity index (χ3v) is 4.00. The van der Waals surface area contributed by atoms with Crippen LogP contribution in [0.25, 0.3) is 6.08 Å². The van der Waals surface area contributed by atoms with E-state index in [-0.39, 0.29) is 12.6 Å². The van der Waals surface area contributed by atoms with E-state index in [4.69, 9.17) is 18.9 Å². The van der Waals surface area contributed by atoms with Gasteiger partial charge in [-0.2, -0.15) is 0 Å². The van der Waals surface area contributed by atoms with Gasteiger partial charge in [0.05, 0.1) is 19.9 Å². The summed E-state index contributed by atoms with van der Waals surface area (Å²) >= 11 is 0. The van der Waals surface area contributed by atoms with E-state index in [1.54, 1.807) is 43.5 Å². The van der Waals surface area contributed by atoms with Crippen LogP contribution < -0.4 is 24.3 Å². The smallest absolute Gasteiger partial charge is 0.248 e. The van der Waals surface area contributed by atoms with Gasteiger partial charge in [-0.3, -0.25) is 9.59 Å². The lowest BCUT2D eigenvalue weighted by Gasteiger charge is -2.09. The summed E-state index contributed by atoms with van der Waals surface area (Å²) in [6.45, 7) is 1.51. The van der Waals surface area contributed by atoms with Crippen LogP contribution in [0.3, 0.4) is 0 Å². The molecule has 0 saturated heterocycles. The summed E-state index contributed by atoms with van der Waals surface area (Å²) in [5.74, 6) is 1.61. The number of rotatable bonds is 6. The second kappa shape index (κ2) is 7.82. The van der Waals surface area contributed by atoms with E-state index in [9.17, 15) is 9.59 Å². The molecule has 0 radical (unpaired) electrons. The maximum absolute atomic E-state index is 12.3. The summed E-state index contributed by atoms with van der Waals surface area (Å²) in [7, 11) is 3.10. The fraction of sp³-hybridized carbons (Fsp3) is 0.200. The molecular weight excluding hydrogens is 350 g/mol. The van der Waals surface area contributed by atoms with E-state index < -0.39 is 5.91 Å². The number of hydrogen-bond donors (Lipinski definition) is 1. The van der Waals surface area contributed by atoms with Crippen LogP contribution in [-0.2, 0) is 4.79 Å². The predicted molar refractivity (Wildman–Crippen MR) is 99.8 cm³/mol. The molecule has 0 atom stereocenters. The Morgan fingerprint density at radius 1 is 1.07 bits per heavy atom. The third-order valence-electron chi connectivity index (χ3n) is 4.00. The van der Waals surface area contributed by atoms with Crippen molar-refractivity contribution in [2.45, 2.75) is 6.92 Å². The normalized spacial score (nSPS) is 12.1. The highest BCUT2D eigenvalue weighted by atomic mass is 16.7. The lowest BCUT2D eigenvalue weighted by Crippen LogP contribution is -2.11. The van der Waals surface area contributed by atoms with Gasteiger partial charge in [0.15, 0.2) is 17.3 Å². The van der Waals surface area contributed by atoms with Crippen LogP contribution in [0.4, 0.5) is 5.69 Å². The van der Waals surface area contributed by atoms with Crippen molar-refractivity contribution in [2.24, 2.45) is 0 Å². The van der Waals surface area contributed by atoms with Crippen molar-refractivity contribution in [3.63, 3.8) is 0 Å². The SMILES string of the molecule is COc1ccc(/C=C/C(=O)Nc2cc3c(cc2C(C)=O)OCO3)c(OC)c1. The van der Waals surface area contributed by atoms with Crippen LogP contribution in [0.2, 0.25) is 0 Å². The number of ketones is 1. The van der Waals surface area contributed by atoms with Gasteiger partial charge < -0.3 is 24.3 Å². The molecule has 0 fully saturated rings. The Hall–Kier alpha value is -3.48. The van der Waals surface area contributed by atoms with Gasteiger partial charge in [-0.1, -0.05) is 0 Å². The van der Waals surface area contributed by atoms with E-state index >= 15 is 0 Å². The topological polar surface area (TPSA) is 83.1 Å². The number of benzene rings is 2. The molecular formula is C20H19NO6. The number of Topliss-reactive ketones (excluding diaryl/α,β-unsaturated/α-hetero) is 1. The molecule has 0 spiro atoms. The first-order valence-corrected chi connectivity index (χ1v) is 8.17. The average Bonchev–Trinajstić information content (AvgIpc) is 3.12. The van der Waals surface area contributed by atoms with Crippen LogP contribution in [0.15, 0.2) is 36.4 Å². The van der Waals surface area contributed by atoms with Gasteiger partial charge >= 0.3 is 0 Å². The highest BCUT2D eigenvalue weighted by molar-refractivity contribution is 6.08. The molecule has 1 N–H and O–H groups in total. The van der Waals surface area contributed by atoms with Crippen LogP contribution in [0, 0.1) is 0 Å². The van der Waals surface area contributed by atoms with Crippen molar-refractivity contribution in [3.8, 4) is 23.0 Å². The molecule has 2 aromatic carbocycles. The number of fused-ring (bicyclic) bond motifs is 1. The summed E-state index contributed by atoms with van der Waals surface area (Å²) in [5, 5.41) is 2.70. The summed E-state index contributed by atoms with van der Waals surface area (Å²) in [6.07, 6.45) is 2.98. The molecule has 140 valence electrons. The number of amides is 1. The Bertz CT molecular complexity index is 919. The van der Waals surface area contributed by atoms with Crippen molar-refractivity contribution in [3.05, 3.63) is 47.5 Å². The molecule has 0 bridgehead atoms. The second-order valence-electron chi connectivity index (χ2n) is 5.74. The fourth-order valence-corrected chi connectivity index (χ4v) is 2.63. The van der Waals surface area contributed by atoms with Gasteiger partial charge in [-0.05, 0) is 31.2 Å². The van der Waals surface area contributed by atoms with E-state index in [0.717, 1.165) is 0 Å².